The van der Waals surface area contributed by atoms with Crippen molar-refractivity contribution in [2.24, 2.45) is 52.8 Å². The zero-order chi connectivity index (χ0) is 19.2. The molecule has 0 radical (unpaired) electrons. The highest BCUT2D eigenvalue weighted by Gasteiger charge is 2.64. The molecule has 0 aliphatic heterocycles. The number of hydrogen-bond donors (Lipinski definition) is 1. The van der Waals surface area contributed by atoms with E-state index in [1.54, 1.807) is 77.0 Å². The van der Waals surface area contributed by atoms with E-state index in [9.17, 15) is 0 Å². The maximum Gasteiger partial charge on any atom is 0.0192 e. The summed E-state index contributed by atoms with van der Waals surface area (Å²) in [6.07, 6.45) is 25.0. The standard InChI is InChI=1S/C28H45N/c1-2-28-17-21-11-23(25(28)22-6-4-3-5-7-22)13-24(12-21)26(28)29-27-14-18-8-19(15-27)10-20(9-18)16-27/h18-26,29H,2-17H2,1H3/t18?,19?,20?,21?,23?,24?,25?,26-,27?,28?/m0/s1. The molecule has 1 N–H and O–H groups in total. The van der Waals surface area contributed by atoms with Gasteiger partial charge in [0.1, 0.15) is 0 Å². The molecule has 0 aromatic carbocycles. The molecule has 0 heterocycles. The predicted octanol–water partition coefficient (Wildman–Crippen LogP) is 6.96. The van der Waals surface area contributed by atoms with Gasteiger partial charge in [0.15, 0.2) is 0 Å². The van der Waals surface area contributed by atoms with Crippen LogP contribution in [0.25, 0.3) is 0 Å². The van der Waals surface area contributed by atoms with Crippen molar-refractivity contribution in [2.45, 2.75) is 121 Å². The summed E-state index contributed by atoms with van der Waals surface area (Å²) in [6.45, 7) is 2.61. The van der Waals surface area contributed by atoms with Gasteiger partial charge in [-0.25, -0.2) is 0 Å². The average molecular weight is 396 g/mol. The van der Waals surface area contributed by atoms with Gasteiger partial charge in [0.2, 0.25) is 0 Å². The van der Waals surface area contributed by atoms with Gasteiger partial charge in [-0.05, 0) is 123 Å². The molecule has 9 saturated carbocycles. The lowest BCUT2D eigenvalue weighted by Gasteiger charge is -2.69. The summed E-state index contributed by atoms with van der Waals surface area (Å²) in [5, 5.41) is 4.67. The quantitative estimate of drug-likeness (QED) is 0.542. The van der Waals surface area contributed by atoms with Crippen molar-refractivity contribution < 1.29 is 0 Å². The number of rotatable bonds is 4. The molecule has 1 heteroatoms. The summed E-state index contributed by atoms with van der Waals surface area (Å²) in [5.74, 6) is 8.62. The molecule has 8 bridgehead atoms. The molecule has 0 aromatic heterocycles. The molecule has 6 atom stereocenters. The highest BCUT2D eigenvalue weighted by Crippen LogP contribution is 2.68. The third-order valence-electron chi connectivity index (χ3n) is 12.1. The van der Waals surface area contributed by atoms with Gasteiger partial charge in [-0.15, -0.1) is 0 Å². The van der Waals surface area contributed by atoms with E-state index in [-0.39, 0.29) is 0 Å². The van der Waals surface area contributed by atoms with Crippen molar-refractivity contribution >= 4 is 0 Å². The van der Waals surface area contributed by atoms with Crippen LogP contribution in [0.15, 0.2) is 0 Å². The Kier molecular flexibility index (Phi) is 4.15. The van der Waals surface area contributed by atoms with Crippen LogP contribution in [0, 0.1) is 52.8 Å². The van der Waals surface area contributed by atoms with E-state index < -0.39 is 0 Å². The second-order valence-electron chi connectivity index (χ2n) is 13.6. The summed E-state index contributed by atoms with van der Waals surface area (Å²) in [6, 6.07) is 0.878. The predicted molar refractivity (Wildman–Crippen MR) is 120 cm³/mol. The second-order valence-corrected chi connectivity index (χ2v) is 13.6. The van der Waals surface area contributed by atoms with Crippen LogP contribution in [0.2, 0.25) is 0 Å². The Morgan fingerprint density at radius 3 is 1.93 bits per heavy atom. The molecule has 9 rings (SSSR count). The Bertz CT molecular complexity index is 609. The lowest BCUT2D eigenvalue weighted by atomic mass is 9.39. The maximum absolute atomic E-state index is 4.67. The normalized spacial score (nSPS) is 58.2. The first-order valence-corrected chi connectivity index (χ1v) is 13.9. The van der Waals surface area contributed by atoms with Crippen molar-refractivity contribution in [1.29, 1.82) is 0 Å². The van der Waals surface area contributed by atoms with Crippen LogP contribution in [0.4, 0.5) is 0 Å². The third-order valence-corrected chi connectivity index (χ3v) is 12.1. The maximum atomic E-state index is 4.67. The van der Waals surface area contributed by atoms with E-state index in [4.69, 9.17) is 0 Å². The minimum atomic E-state index is 0.564. The minimum Gasteiger partial charge on any atom is -0.308 e. The Hall–Kier alpha value is -0.0400. The number of hydrogen-bond acceptors (Lipinski definition) is 1. The molecule has 5 unspecified atom stereocenters. The summed E-state index contributed by atoms with van der Waals surface area (Å²) in [5.41, 5.74) is 1.23. The van der Waals surface area contributed by atoms with Crippen LogP contribution in [-0.4, -0.2) is 11.6 Å². The molecule has 162 valence electrons. The fraction of sp³-hybridized carbons (Fsp3) is 1.00. The Balaban J connectivity index is 1.23. The summed E-state index contributed by atoms with van der Waals surface area (Å²) in [4.78, 5) is 0. The smallest absolute Gasteiger partial charge is 0.0192 e. The Labute approximate surface area is 179 Å². The molecule has 0 amide bonds. The van der Waals surface area contributed by atoms with E-state index >= 15 is 0 Å². The first-order valence-electron chi connectivity index (χ1n) is 13.9. The molecule has 29 heavy (non-hydrogen) atoms. The minimum absolute atomic E-state index is 0.564. The molecule has 0 aromatic rings. The zero-order valence-corrected chi connectivity index (χ0v) is 19.0. The van der Waals surface area contributed by atoms with Crippen molar-refractivity contribution in [2.75, 3.05) is 0 Å². The average Bonchev–Trinajstić information content (AvgIpc) is 2.70. The van der Waals surface area contributed by atoms with Gasteiger partial charge in [0, 0.05) is 11.6 Å². The van der Waals surface area contributed by atoms with Crippen molar-refractivity contribution in [3.8, 4) is 0 Å². The molecule has 0 spiro atoms. The van der Waals surface area contributed by atoms with Crippen LogP contribution < -0.4 is 5.32 Å². The Morgan fingerprint density at radius 1 is 0.655 bits per heavy atom. The lowest BCUT2D eigenvalue weighted by molar-refractivity contribution is -0.174. The largest absolute Gasteiger partial charge is 0.308 e. The van der Waals surface area contributed by atoms with Crippen molar-refractivity contribution in [3.63, 3.8) is 0 Å². The first-order chi connectivity index (χ1) is 14.2. The molecular weight excluding hydrogens is 350 g/mol. The molecule has 9 aliphatic rings. The van der Waals surface area contributed by atoms with Crippen LogP contribution in [0.3, 0.4) is 0 Å². The molecule has 1 nitrogen and oxygen atoms in total. The van der Waals surface area contributed by atoms with Gasteiger partial charge in [-0.2, -0.15) is 0 Å². The van der Waals surface area contributed by atoms with Gasteiger partial charge in [0.05, 0.1) is 0 Å². The highest BCUT2D eigenvalue weighted by molar-refractivity contribution is 5.17. The van der Waals surface area contributed by atoms with E-state index in [2.05, 4.69) is 12.2 Å². The lowest BCUT2D eigenvalue weighted by Crippen LogP contribution is -2.71. The fourth-order valence-corrected chi connectivity index (χ4v) is 12.0. The van der Waals surface area contributed by atoms with Gasteiger partial charge in [-0.3, -0.25) is 0 Å². The number of nitrogens with one attached hydrogen (secondary N) is 1. The van der Waals surface area contributed by atoms with E-state index in [1.807, 2.05) is 0 Å². The SMILES string of the molecule is CCC12CC3CC(CC(C3)[C@@H]1NC13CC4CC(CC(C4)C1)C3)C2C1CCCCC1. The summed E-state index contributed by atoms with van der Waals surface area (Å²) in [7, 11) is 0. The van der Waals surface area contributed by atoms with Gasteiger partial charge in [0.25, 0.3) is 0 Å². The fourth-order valence-electron chi connectivity index (χ4n) is 12.0. The molecular formula is C28H45N. The highest BCUT2D eigenvalue weighted by atomic mass is 15.1. The van der Waals surface area contributed by atoms with Crippen LogP contribution in [0.5, 0.6) is 0 Å². The molecule has 9 fully saturated rings. The van der Waals surface area contributed by atoms with Crippen molar-refractivity contribution in [3.05, 3.63) is 0 Å². The Morgan fingerprint density at radius 2 is 1.28 bits per heavy atom. The van der Waals surface area contributed by atoms with Gasteiger partial charge in [-0.1, -0.05) is 39.0 Å². The molecule has 9 aliphatic carbocycles. The van der Waals surface area contributed by atoms with Crippen LogP contribution >= 0.6 is 0 Å². The van der Waals surface area contributed by atoms with E-state index in [0.29, 0.717) is 11.0 Å². The third kappa shape index (κ3) is 2.67. The summed E-state index contributed by atoms with van der Waals surface area (Å²) >= 11 is 0. The monoisotopic (exact) mass is 395 g/mol. The van der Waals surface area contributed by atoms with E-state index in [0.717, 1.165) is 53.4 Å². The first kappa shape index (κ1) is 18.5. The molecule has 0 saturated heterocycles. The second kappa shape index (κ2) is 6.49. The van der Waals surface area contributed by atoms with E-state index in [1.165, 1.54) is 25.7 Å². The zero-order valence-electron chi connectivity index (χ0n) is 19.0. The van der Waals surface area contributed by atoms with Gasteiger partial charge >= 0.3 is 0 Å². The topological polar surface area (TPSA) is 12.0 Å². The van der Waals surface area contributed by atoms with Crippen LogP contribution in [-0.2, 0) is 0 Å². The summed E-state index contributed by atoms with van der Waals surface area (Å²) < 4.78 is 0. The van der Waals surface area contributed by atoms with Crippen molar-refractivity contribution in [1.82, 2.24) is 5.32 Å². The van der Waals surface area contributed by atoms with Crippen LogP contribution in [0.1, 0.15) is 110 Å². The van der Waals surface area contributed by atoms with Gasteiger partial charge < -0.3 is 5.32 Å².